The number of aromatic nitrogens is 2. The predicted molar refractivity (Wildman–Crippen MR) is 88.6 cm³/mol. The molecule has 5 heteroatoms. The van der Waals surface area contributed by atoms with Gasteiger partial charge in [0.05, 0.1) is 24.5 Å². The monoisotopic (exact) mass is 301 g/mol. The van der Waals surface area contributed by atoms with Crippen LogP contribution in [0.1, 0.15) is 37.9 Å². The maximum atomic E-state index is 12.2. The zero-order valence-electron chi connectivity index (χ0n) is 13.6. The van der Waals surface area contributed by atoms with Gasteiger partial charge in [0.1, 0.15) is 5.75 Å². The van der Waals surface area contributed by atoms with Crippen molar-refractivity contribution in [2.75, 3.05) is 11.9 Å². The molecule has 0 unspecified atom stereocenters. The van der Waals surface area contributed by atoms with Gasteiger partial charge < -0.3 is 10.1 Å². The van der Waals surface area contributed by atoms with Crippen LogP contribution in [0, 0.1) is 6.92 Å². The second kappa shape index (κ2) is 7.11. The van der Waals surface area contributed by atoms with Crippen LogP contribution >= 0.6 is 0 Å². The SMILES string of the molecule is CCOc1cccc(CNc2cnn(C(C)C)c(=O)c2C)c1. The van der Waals surface area contributed by atoms with E-state index in [0.29, 0.717) is 18.7 Å². The molecule has 0 saturated carbocycles. The summed E-state index contributed by atoms with van der Waals surface area (Å²) in [6, 6.07) is 7.97. The van der Waals surface area contributed by atoms with Crippen LogP contribution in [0.5, 0.6) is 5.75 Å². The largest absolute Gasteiger partial charge is 0.494 e. The first kappa shape index (κ1) is 16.1. The van der Waals surface area contributed by atoms with E-state index in [-0.39, 0.29) is 11.6 Å². The number of ether oxygens (including phenoxy) is 1. The second-order valence-electron chi connectivity index (χ2n) is 5.46. The lowest BCUT2D eigenvalue weighted by Crippen LogP contribution is -2.27. The first-order valence-corrected chi connectivity index (χ1v) is 7.57. The lowest BCUT2D eigenvalue weighted by Gasteiger charge is -2.13. The van der Waals surface area contributed by atoms with Crippen molar-refractivity contribution in [3.05, 3.63) is 51.9 Å². The molecule has 1 aromatic carbocycles. The number of benzene rings is 1. The average molecular weight is 301 g/mol. The van der Waals surface area contributed by atoms with Gasteiger partial charge in [-0.2, -0.15) is 5.10 Å². The lowest BCUT2D eigenvalue weighted by atomic mass is 10.2. The maximum absolute atomic E-state index is 12.2. The zero-order chi connectivity index (χ0) is 16.1. The van der Waals surface area contributed by atoms with E-state index in [4.69, 9.17) is 4.74 Å². The van der Waals surface area contributed by atoms with Crippen LogP contribution in [0.2, 0.25) is 0 Å². The first-order valence-electron chi connectivity index (χ1n) is 7.57. The molecule has 22 heavy (non-hydrogen) atoms. The van der Waals surface area contributed by atoms with Gasteiger partial charge in [-0.1, -0.05) is 12.1 Å². The molecule has 0 atom stereocenters. The van der Waals surface area contributed by atoms with Crippen molar-refractivity contribution in [3.8, 4) is 5.75 Å². The van der Waals surface area contributed by atoms with Crippen molar-refractivity contribution in [1.29, 1.82) is 0 Å². The normalized spacial score (nSPS) is 10.8. The molecular formula is C17H23N3O2. The van der Waals surface area contributed by atoms with Gasteiger partial charge >= 0.3 is 0 Å². The minimum atomic E-state index is -0.0527. The van der Waals surface area contributed by atoms with E-state index in [9.17, 15) is 4.79 Å². The summed E-state index contributed by atoms with van der Waals surface area (Å²) in [4.78, 5) is 12.2. The van der Waals surface area contributed by atoms with Gasteiger partial charge in [-0.3, -0.25) is 4.79 Å². The van der Waals surface area contributed by atoms with Crippen molar-refractivity contribution in [1.82, 2.24) is 9.78 Å². The number of nitrogens with one attached hydrogen (secondary N) is 1. The molecule has 0 amide bonds. The Morgan fingerprint density at radius 1 is 1.36 bits per heavy atom. The van der Waals surface area contributed by atoms with Crippen LogP contribution in [0.3, 0.4) is 0 Å². The Morgan fingerprint density at radius 3 is 2.82 bits per heavy atom. The second-order valence-corrected chi connectivity index (χ2v) is 5.46. The molecule has 0 fully saturated rings. The highest BCUT2D eigenvalue weighted by Gasteiger charge is 2.09. The molecule has 5 nitrogen and oxygen atoms in total. The van der Waals surface area contributed by atoms with Crippen LogP contribution in [0.4, 0.5) is 5.69 Å². The summed E-state index contributed by atoms with van der Waals surface area (Å²) in [6.07, 6.45) is 1.71. The molecule has 0 aliphatic rings. The molecule has 0 aliphatic carbocycles. The Balaban J connectivity index is 2.13. The molecule has 1 heterocycles. The number of anilines is 1. The summed E-state index contributed by atoms with van der Waals surface area (Å²) < 4.78 is 6.99. The van der Waals surface area contributed by atoms with Crippen molar-refractivity contribution in [2.45, 2.75) is 40.3 Å². The van der Waals surface area contributed by atoms with E-state index in [2.05, 4.69) is 10.4 Å². The maximum Gasteiger partial charge on any atom is 0.271 e. The Labute approximate surface area is 130 Å². The topological polar surface area (TPSA) is 56.1 Å². The van der Waals surface area contributed by atoms with E-state index in [1.807, 2.05) is 52.0 Å². The quantitative estimate of drug-likeness (QED) is 0.890. The summed E-state index contributed by atoms with van der Waals surface area (Å²) in [6.45, 7) is 8.94. The van der Waals surface area contributed by atoms with Crippen molar-refractivity contribution < 1.29 is 4.74 Å². The van der Waals surface area contributed by atoms with Gasteiger partial charge in [0.25, 0.3) is 5.56 Å². The first-order chi connectivity index (χ1) is 10.5. The predicted octanol–water partition coefficient (Wildman–Crippen LogP) is 3.14. The van der Waals surface area contributed by atoms with E-state index < -0.39 is 0 Å². The van der Waals surface area contributed by atoms with Crippen molar-refractivity contribution >= 4 is 5.69 Å². The summed E-state index contributed by atoms with van der Waals surface area (Å²) in [5, 5.41) is 7.49. The standard InChI is InChI=1S/C17H23N3O2/c1-5-22-15-8-6-7-14(9-15)10-18-16-11-19-20(12(2)3)17(21)13(16)4/h6-9,11-12,18H,5,10H2,1-4H3. The Morgan fingerprint density at radius 2 is 2.14 bits per heavy atom. The van der Waals surface area contributed by atoms with Gasteiger partial charge in [-0.25, -0.2) is 4.68 Å². The molecule has 1 N–H and O–H groups in total. The molecule has 1 aromatic heterocycles. The Bertz CT molecular complexity index is 693. The highest BCUT2D eigenvalue weighted by atomic mass is 16.5. The Kier molecular flexibility index (Phi) is 5.20. The van der Waals surface area contributed by atoms with Gasteiger partial charge in [0.2, 0.25) is 0 Å². The van der Waals surface area contributed by atoms with Crippen molar-refractivity contribution in [2.24, 2.45) is 0 Å². The summed E-state index contributed by atoms with van der Waals surface area (Å²) in [7, 11) is 0. The molecule has 0 spiro atoms. The van der Waals surface area contributed by atoms with Crippen molar-refractivity contribution in [3.63, 3.8) is 0 Å². The minimum Gasteiger partial charge on any atom is -0.494 e. The molecule has 2 rings (SSSR count). The molecular weight excluding hydrogens is 278 g/mol. The Hall–Kier alpha value is -2.30. The fourth-order valence-electron chi connectivity index (χ4n) is 2.21. The molecule has 0 saturated heterocycles. The van der Waals surface area contributed by atoms with E-state index in [1.165, 1.54) is 4.68 Å². The lowest BCUT2D eigenvalue weighted by molar-refractivity contribution is 0.340. The van der Waals surface area contributed by atoms with Gasteiger partial charge in [-0.05, 0) is 45.4 Å². The van der Waals surface area contributed by atoms with Crippen LogP contribution in [-0.4, -0.2) is 16.4 Å². The summed E-state index contributed by atoms with van der Waals surface area (Å²) >= 11 is 0. The van der Waals surface area contributed by atoms with E-state index in [1.54, 1.807) is 6.20 Å². The van der Waals surface area contributed by atoms with Crippen LogP contribution < -0.4 is 15.6 Å². The van der Waals surface area contributed by atoms with E-state index in [0.717, 1.165) is 17.0 Å². The third-order valence-electron chi connectivity index (χ3n) is 3.43. The molecule has 2 aromatic rings. The third kappa shape index (κ3) is 3.67. The van der Waals surface area contributed by atoms with Gasteiger partial charge in [0, 0.05) is 12.1 Å². The number of hydrogen-bond donors (Lipinski definition) is 1. The average Bonchev–Trinajstić information content (AvgIpc) is 2.49. The third-order valence-corrected chi connectivity index (χ3v) is 3.43. The molecule has 0 radical (unpaired) electrons. The molecule has 118 valence electrons. The fourth-order valence-corrected chi connectivity index (χ4v) is 2.21. The zero-order valence-corrected chi connectivity index (χ0v) is 13.6. The smallest absolute Gasteiger partial charge is 0.271 e. The molecule has 0 bridgehead atoms. The van der Waals surface area contributed by atoms with Gasteiger partial charge in [0.15, 0.2) is 0 Å². The van der Waals surface area contributed by atoms with E-state index >= 15 is 0 Å². The molecule has 0 aliphatic heterocycles. The number of nitrogens with zero attached hydrogens (tertiary/aromatic N) is 2. The fraction of sp³-hybridized carbons (Fsp3) is 0.412. The summed E-state index contributed by atoms with van der Waals surface area (Å²) in [5.41, 5.74) is 2.50. The van der Waals surface area contributed by atoms with Gasteiger partial charge in [-0.15, -0.1) is 0 Å². The van der Waals surface area contributed by atoms with Crippen LogP contribution in [0.15, 0.2) is 35.3 Å². The van der Waals surface area contributed by atoms with Crippen LogP contribution in [0.25, 0.3) is 0 Å². The highest BCUT2D eigenvalue weighted by molar-refractivity contribution is 5.47. The highest BCUT2D eigenvalue weighted by Crippen LogP contribution is 2.16. The van der Waals surface area contributed by atoms with Crippen LogP contribution in [-0.2, 0) is 6.54 Å². The summed E-state index contributed by atoms with van der Waals surface area (Å²) in [5.74, 6) is 0.854. The number of rotatable bonds is 6. The minimum absolute atomic E-state index is 0.0527. The number of hydrogen-bond acceptors (Lipinski definition) is 4.